The highest BCUT2D eigenvalue weighted by Crippen LogP contribution is 2.38. The molecule has 3 rings (SSSR count). The van der Waals surface area contributed by atoms with Crippen molar-refractivity contribution >= 4 is 106 Å². The van der Waals surface area contributed by atoms with Crippen LogP contribution in [0.5, 0.6) is 0 Å². The summed E-state index contributed by atoms with van der Waals surface area (Å²) in [5, 5.41) is 9.49. The second-order valence-electron chi connectivity index (χ2n) is 6.56. The van der Waals surface area contributed by atoms with Crippen molar-refractivity contribution in [2.24, 2.45) is 10.2 Å². The highest BCUT2D eigenvalue weighted by molar-refractivity contribution is 8.02. The van der Waals surface area contributed by atoms with Gasteiger partial charge in [0, 0.05) is 21.2 Å². The van der Waals surface area contributed by atoms with E-state index in [9.17, 15) is 9.59 Å². The van der Waals surface area contributed by atoms with Gasteiger partial charge in [0.1, 0.15) is 0 Å². The van der Waals surface area contributed by atoms with Crippen molar-refractivity contribution in [1.29, 1.82) is 0 Å². The van der Waals surface area contributed by atoms with Gasteiger partial charge in [-0.3, -0.25) is 9.59 Å². The highest BCUT2D eigenvalue weighted by Gasteiger charge is 2.16. The van der Waals surface area contributed by atoms with E-state index in [1.165, 1.54) is 60.2 Å². The van der Waals surface area contributed by atoms with E-state index < -0.39 is 11.8 Å². The van der Waals surface area contributed by atoms with Crippen LogP contribution in [-0.4, -0.2) is 36.8 Å². The number of amides is 2. The van der Waals surface area contributed by atoms with Crippen molar-refractivity contribution in [2.75, 3.05) is 12.5 Å². The van der Waals surface area contributed by atoms with Gasteiger partial charge in [0.2, 0.25) is 0 Å². The number of benzene rings is 2. The van der Waals surface area contributed by atoms with Gasteiger partial charge in [-0.2, -0.15) is 10.2 Å². The summed E-state index contributed by atoms with van der Waals surface area (Å²) in [5.41, 5.74) is 6.94. The molecule has 0 aliphatic rings. The number of nitrogens with one attached hydrogen (secondary N) is 2. The number of halogens is 4. The Hall–Kier alpha value is -1.72. The first kappa shape index (κ1) is 27.9. The Labute approximate surface area is 234 Å². The minimum absolute atomic E-state index is 0.222. The summed E-state index contributed by atoms with van der Waals surface area (Å²) in [4.78, 5) is 24.9. The maximum absolute atomic E-state index is 12.4. The van der Waals surface area contributed by atoms with Crippen LogP contribution >= 0.6 is 81.3 Å². The normalized spacial score (nSPS) is 11.4. The zero-order chi connectivity index (χ0) is 25.5. The third-order valence-corrected chi connectivity index (χ3v) is 8.94. The minimum Gasteiger partial charge on any atom is -0.267 e. The van der Waals surface area contributed by atoms with Gasteiger partial charge in [0.15, 0.2) is 0 Å². The lowest BCUT2D eigenvalue weighted by Gasteiger charge is -2.04. The van der Waals surface area contributed by atoms with Crippen LogP contribution in [0.15, 0.2) is 55.0 Å². The molecule has 0 atom stereocenters. The van der Waals surface area contributed by atoms with Crippen LogP contribution < -0.4 is 10.9 Å². The van der Waals surface area contributed by atoms with Crippen molar-refractivity contribution in [1.82, 2.24) is 10.9 Å². The van der Waals surface area contributed by atoms with Crippen LogP contribution in [-0.2, 0) is 0 Å². The molecule has 0 bridgehead atoms. The van der Waals surface area contributed by atoms with E-state index in [1.807, 2.05) is 12.5 Å². The van der Waals surface area contributed by atoms with Crippen LogP contribution in [0.3, 0.4) is 0 Å². The van der Waals surface area contributed by atoms with Gasteiger partial charge < -0.3 is 0 Å². The molecular weight excluding hydrogens is 590 g/mol. The summed E-state index contributed by atoms with van der Waals surface area (Å²) in [5.74, 6) is -0.951. The largest absolute Gasteiger partial charge is 0.272 e. The van der Waals surface area contributed by atoms with Gasteiger partial charge >= 0.3 is 0 Å². The number of hydrazone groups is 2. The van der Waals surface area contributed by atoms with Crippen LogP contribution in [0.4, 0.5) is 0 Å². The third-order valence-electron chi connectivity index (χ3n) is 4.36. The van der Waals surface area contributed by atoms with Crippen LogP contribution in [0, 0.1) is 0 Å². The van der Waals surface area contributed by atoms with Crippen molar-refractivity contribution in [3.05, 3.63) is 78.7 Å². The summed E-state index contributed by atoms with van der Waals surface area (Å²) in [6, 6.07) is 9.15. The molecule has 0 aliphatic heterocycles. The lowest BCUT2D eigenvalue weighted by Crippen LogP contribution is -2.18. The molecule has 0 spiro atoms. The summed E-state index contributed by atoms with van der Waals surface area (Å²) in [6.07, 6.45) is 6.93. The van der Waals surface area contributed by atoms with Gasteiger partial charge in [0.25, 0.3) is 11.8 Å². The Morgan fingerprint density at radius 3 is 1.51 bits per heavy atom. The molecule has 182 valence electrons. The van der Waals surface area contributed by atoms with E-state index in [0.29, 0.717) is 10.0 Å². The molecule has 35 heavy (non-hydrogen) atoms. The first-order chi connectivity index (χ1) is 16.7. The van der Waals surface area contributed by atoms with Gasteiger partial charge in [-0.25, -0.2) is 10.9 Å². The molecule has 2 amide bonds. The molecule has 0 fully saturated rings. The molecule has 0 saturated carbocycles. The average molecular weight is 606 g/mol. The zero-order valence-corrected chi connectivity index (χ0v) is 23.5. The molecule has 3 aromatic rings. The first-order valence-electron chi connectivity index (χ1n) is 9.56. The fourth-order valence-corrected chi connectivity index (χ4v) is 6.53. The molecule has 0 radical (unpaired) electrons. The van der Waals surface area contributed by atoms with Crippen molar-refractivity contribution in [3.8, 4) is 0 Å². The molecule has 1 heterocycles. The number of carbonyl (C=O) groups is 2. The number of thioether (sulfide) groups is 2. The second-order valence-corrected chi connectivity index (χ2v) is 11.4. The van der Waals surface area contributed by atoms with Crippen molar-refractivity contribution in [2.45, 2.75) is 8.42 Å². The molecule has 0 unspecified atom stereocenters. The summed E-state index contributed by atoms with van der Waals surface area (Å²) < 4.78 is 1.93. The van der Waals surface area contributed by atoms with E-state index in [-0.39, 0.29) is 21.2 Å². The Kier molecular flexibility index (Phi) is 10.4. The Bertz CT molecular complexity index is 1230. The third kappa shape index (κ3) is 7.16. The molecule has 1 aromatic heterocycles. The molecule has 0 aliphatic carbocycles. The number of hydrogen-bond acceptors (Lipinski definition) is 7. The molecule has 2 N–H and O–H groups in total. The van der Waals surface area contributed by atoms with Crippen LogP contribution in [0.2, 0.25) is 20.1 Å². The Morgan fingerprint density at radius 1 is 0.771 bits per heavy atom. The van der Waals surface area contributed by atoms with Gasteiger partial charge in [-0.05, 0) is 48.9 Å². The highest BCUT2D eigenvalue weighted by atomic mass is 35.5. The molecule has 13 heteroatoms. The zero-order valence-electron chi connectivity index (χ0n) is 18.1. The Morgan fingerprint density at radius 2 is 1.17 bits per heavy atom. The van der Waals surface area contributed by atoms with E-state index in [4.69, 9.17) is 46.4 Å². The van der Waals surface area contributed by atoms with E-state index in [0.717, 1.165) is 19.5 Å². The van der Waals surface area contributed by atoms with E-state index in [2.05, 4.69) is 21.1 Å². The topological polar surface area (TPSA) is 82.9 Å². The Balaban J connectivity index is 1.80. The number of hydrogen-bond donors (Lipinski definition) is 2. The number of rotatable bonds is 8. The lowest BCUT2D eigenvalue weighted by atomic mass is 10.2. The second kappa shape index (κ2) is 13.0. The average Bonchev–Trinajstić information content (AvgIpc) is 3.15. The van der Waals surface area contributed by atoms with Gasteiger partial charge in [-0.15, -0.1) is 34.9 Å². The van der Waals surface area contributed by atoms with E-state index in [1.54, 1.807) is 23.5 Å². The molecule has 0 saturated heterocycles. The fourth-order valence-electron chi connectivity index (χ4n) is 2.74. The van der Waals surface area contributed by atoms with Crippen LogP contribution in [0.25, 0.3) is 0 Å². The summed E-state index contributed by atoms with van der Waals surface area (Å²) in [7, 11) is 0. The smallest absolute Gasteiger partial charge is 0.267 e. The van der Waals surface area contributed by atoms with Gasteiger partial charge in [0.05, 0.1) is 42.0 Å². The summed E-state index contributed by atoms with van der Waals surface area (Å²) >= 11 is 28.6. The first-order valence-corrected chi connectivity index (χ1v) is 14.3. The van der Waals surface area contributed by atoms with Crippen LogP contribution in [0.1, 0.15) is 31.8 Å². The molecule has 2 aromatic carbocycles. The number of carbonyl (C=O) groups excluding carboxylic acids is 2. The maximum atomic E-state index is 12.4. The van der Waals surface area contributed by atoms with E-state index >= 15 is 0 Å². The SMILES string of the molecule is CSc1sc(SC)c(C=NNC(=O)c2ccc(Cl)cc2Cl)c1C=NNC(=O)c1ccc(Cl)cc1Cl. The lowest BCUT2D eigenvalue weighted by molar-refractivity contribution is 0.0947. The summed E-state index contributed by atoms with van der Waals surface area (Å²) in [6.45, 7) is 0. The predicted molar refractivity (Wildman–Crippen MR) is 151 cm³/mol. The standard InChI is InChI=1S/C22H16Cl4N4O2S3/c1-33-21-15(9-27-29-19(31)13-5-3-11(23)7-17(13)25)16(22(34-2)35-21)10-28-30-20(32)14-6-4-12(24)8-18(14)26/h3-10H,1-2H3,(H,29,31)(H,30,32). The molecule has 6 nitrogen and oxygen atoms in total. The number of thiophene rings is 1. The maximum Gasteiger partial charge on any atom is 0.272 e. The number of nitrogens with zero attached hydrogens (tertiary/aromatic N) is 2. The molecular formula is C22H16Cl4N4O2S3. The monoisotopic (exact) mass is 604 g/mol. The predicted octanol–water partition coefficient (Wildman–Crippen LogP) is 7.33. The fraction of sp³-hybridized carbons (Fsp3) is 0.0909. The quantitative estimate of drug-likeness (QED) is 0.160. The minimum atomic E-state index is -0.476. The van der Waals surface area contributed by atoms with Crippen molar-refractivity contribution < 1.29 is 9.59 Å². The van der Waals surface area contributed by atoms with Gasteiger partial charge in [-0.1, -0.05) is 46.4 Å². The van der Waals surface area contributed by atoms with Crippen molar-refractivity contribution in [3.63, 3.8) is 0 Å².